The molecule has 14 heteroatoms. The number of hydrogen-bond donors (Lipinski definition) is 3. The van der Waals surface area contributed by atoms with E-state index in [4.69, 9.17) is 30.2 Å². The number of rotatable bonds is 10. The first-order chi connectivity index (χ1) is 17.2. The van der Waals surface area contributed by atoms with E-state index in [0.717, 1.165) is 23.8 Å². The first-order valence-corrected chi connectivity index (χ1v) is 12.8. The second-order valence-corrected chi connectivity index (χ2v) is 9.94. The zero-order valence-corrected chi connectivity index (χ0v) is 20.9. The molecule has 2 aliphatic rings. The Morgan fingerprint density at radius 1 is 1.31 bits per heavy atom. The summed E-state index contributed by atoms with van der Waals surface area (Å²) in [6, 6.07) is 5.79. The number of ether oxygens (including phenoxy) is 3. The molecule has 2 heterocycles. The van der Waals surface area contributed by atoms with Crippen LogP contribution >= 0.6 is 7.82 Å². The third-order valence-corrected chi connectivity index (χ3v) is 7.05. The number of fused-ring (bicyclic) bond motifs is 2. The molecule has 0 spiro atoms. The summed E-state index contributed by atoms with van der Waals surface area (Å²) in [7, 11) is -2.03. The lowest BCUT2D eigenvalue weighted by molar-refractivity contribution is -0.461. The van der Waals surface area contributed by atoms with Crippen molar-refractivity contribution in [2.24, 2.45) is 11.5 Å². The maximum atomic E-state index is 13.0. The topological polar surface area (TPSA) is 187 Å². The van der Waals surface area contributed by atoms with Crippen LogP contribution in [0.15, 0.2) is 29.2 Å². The standard InChI is InChI=1S/C22H30N5O8P/c1-31-12-19-18(35-36(29,30)32-2)10-20(34-19)27-11-14-8-13-4-3-5-17(33-7-6-25-21(23)24)15(13)9-16(14)26-22(27)28/h3-5,11,18-20H,6-10,12H2,1-2H3,(H,29,30)(H4,23,24,25)/t18?,19-,20-/m1/s1. The molecule has 1 saturated heterocycles. The highest BCUT2D eigenvalue weighted by Crippen LogP contribution is 2.44. The molecule has 1 aromatic heterocycles. The molecular weight excluding hydrogens is 493 g/mol. The molecule has 0 bridgehead atoms. The number of phosphoric ester groups is 1. The lowest BCUT2D eigenvalue weighted by Crippen LogP contribution is -2.79. The molecule has 2 aromatic rings. The van der Waals surface area contributed by atoms with Gasteiger partial charge in [0.2, 0.25) is 0 Å². The quantitative estimate of drug-likeness (QED) is 0.114. The Balaban J connectivity index is 1.54. The molecule has 1 fully saturated rings. The van der Waals surface area contributed by atoms with Crippen LogP contribution in [-0.2, 0) is 35.9 Å². The predicted molar refractivity (Wildman–Crippen MR) is 125 cm³/mol. The van der Waals surface area contributed by atoms with Gasteiger partial charge in [0.05, 0.1) is 24.9 Å². The number of nitrogens with zero attached hydrogens (tertiary/aromatic N) is 2. The number of methoxy groups -OCH3 is 1. The summed E-state index contributed by atoms with van der Waals surface area (Å²) >= 11 is 0. The van der Waals surface area contributed by atoms with Crippen LogP contribution in [0.1, 0.15) is 35.0 Å². The smallest absolute Gasteiger partial charge is 0.349 e. The summed E-state index contributed by atoms with van der Waals surface area (Å²) in [5, 5.41) is 0. The Kier molecular flexibility index (Phi) is 8.08. The van der Waals surface area contributed by atoms with Gasteiger partial charge in [-0.1, -0.05) is 12.1 Å². The molecule has 1 aliphatic heterocycles. The van der Waals surface area contributed by atoms with Crippen molar-refractivity contribution in [3.8, 4) is 5.75 Å². The molecule has 1 aromatic carbocycles. The van der Waals surface area contributed by atoms with Gasteiger partial charge in [0.1, 0.15) is 24.7 Å². The second kappa shape index (κ2) is 11.1. The molecule has 5 N–H and O–H groups in total. The summed E-state index contributed by atoms with van der Waals surface area (Å²) in [5.41, 5.74) is 13.9. The first kappa shape index (κ1) is 26.3. The molecule has 4 rings (SSSR count). The Morgan fingerprint density at radius 2 is 2.11 bits per heavy atom. The summed E-state index contributed by atoms with van der Waals surface area (Å²) in [6.07, 6.45) is 0.460. The normalized spacial score (nSPS) is 22.4. The molecule has 13 nitrogen and oxygen atoms in total. The molecule has 0 radical (unpaired) electrons. The summed E-state index contributed by atoms with van der Waals surface area (Å²) in [4.78, 5) is 31.9. The minimum Gasteiger partial charge on any atom is -0.756 e. The van der Waals surface area contributed by atoms with Gasteiger partial charge in [-0.25, -0.2) is 4.79 Å². The van der Waals surface area contributed by atoms with Gasteiger partial charge in [-0.15, -0.1) is 0 Å². The molecular formula is C22H30N5O8P. The molecule has 0 amide bonds. The number of hydrogen-bond acceptors (Lipinski definition) is 9. The van der Waals surface area contributed by atoms with Gasteiger partial charge in [0.25, 0.3) is 7.82 Å². The Labute approximate surface area is 207 Å². The van der Waals surface area contributed by atoms with E-state index in [1.165, 1.54) is 11.7 Å². The zero-order valence-electron chi connectivity index (χ0n) is 20.0. The lowest BCUT2D eigenvalue weighted by Gasteiger charge is -2.26. The van der Waals surface area contributed by atoms with Crippen molar-refractivity contribution in [3.63, 3.8) is 0 Å². The van der Waals surface area contributed by atoms with E-state index in [0.29, 0.717) is 37.4 Å². The lowest BCUT2D eigenvalue weighted by atomic mass is 9.89. The van der Waals surface area contributed by atoms with Crippen molar-refractivity contribution in [3.05, 3.63) is 57.3 Å². The largest absolute Gasteiger partial charge is 0.756 e. The van der Waals surface area contributed by atoms with E-state index >= 15 is 0 Å². The minimum atomic E-state index is -4.51. The summed E-state index contributed by atoms with van der Waals surface area (Å²) < 4.78 is 39.7. The van der Waals surface area contributed by atoms with Crippen molar-refractivity contribution in [2.45, 2.75) is 37.7 Å². The molecule has 0 saturated carbocycles. The van der Waals surface area contributed by atoms with Crippen molar-refractivity contribution in [1.82, 2.24) is 9.55 Å². The van der Waals surface area contributed by atoms with E-state index in [-0.39, 0.29) is 19.0 Å². The minimum absolute atomic E-state index is 0.0829. The monoisotopic (exact) mass is 523 g/mol. The highest BCUT2D eigenvalue weighted by molar-refractivity contribution is 7.45. The van der Waals surface area contributed by atoms with E-state index < -0.39 is 31.9 Å². The summed E-state index contributed by atoms with van der Waals surface area (Å²) in [6.45, 7) is 0.897. The average Bonchev–Trinajstić information content (AvgIpc) is 3.21. The van der Waals surface area contributed by atoms with Crippen LogP contribution in [0.3, 0.4) is 0 Å². The first-order valence-electron chi connectivity index (χ1n) is 11.4. The highest BCUT2D eigenvalue weighted by atomic mass is 31.2. The number of benzene rings is 1. The van der Waals surface area contributed by atoms with Crippen LogP contribution in [0.4, 0.5) is 0 Å². The van der Waals surface area contributed by atoms with E-state index in [9.17, 15) is 14.3 Å². The van der Waals surface area contributed by atoms with Crippen LogP contribution in [0, 0.1) is 0 Å². The number of nitrogens with two attached hydrogens (primary N) is 2. The molecule has 196 valence electrons. The fraction of sp³-hybridized carbons (Fsp3) is 0.500. The number of aromatic nitrogens is 2. The molecule has 36 heavy (non-hydrogen) atoms. The van der Waals surface area contributed by atoms with Crippen molar-refractivity contribution in [1.29, 1.82) is 0 Å². The van der Waals surface area contributed by atoms with Gasteiger partial charge in [-0.05, 0) is 17.2 Å². The van der Waals surface area contributed by atoms with Crippen molar-refractivity contribution >= 4 is 13.8 Å². The van der Waals surface area contributed by atoms with Gasteiger partial charge in [-0.2, -0.15) is 4.98 Å². The van der Waals surface area contributed by atoms with E-state index in [1.54, 1.807) is 6.20 Å². The van der Waals surface area contributed by atoms with Crippen LogP contribution in [0.25, 0.3) is 0 Å². The summed E-state index contributed by atoms with van der Waals surface area (Å²) in [5.74, 6) is 0.838. The maximum Gasteiger partial charge on any atom is 0.349 e. The fourth-order valence-electron chi connectivity index (χ4n) is 4.40. The van der Waals surface area contributed by atoms with Gasteiger partial charge in [0.15, 0.2) is 0 Å². The van der Waals surface area contributed by atoms with E-state index in [1.807, 2.05) is 18.2 Å². The third kappa shape index (κ3) is 5.94. The van der Waals surface area contributed by atoms with Gasteiger partial charge < -0.3 is 28.2 Å². The van der Waals surface area contributed by atoms with Crippen molar-refractivity contribution < 1.29 is 37.7 Å². The predicted octanol–water partition coefficient (Wildman–Crippen LogP) is -2.09. The third-order valence-electron chi connectivity index (χ3n) is 6.07. The van der Waals surface area contributed by atoms with E-state index in [2.05, 4.69) is 14.5 Å². The van der Waals surface area contributed by atoms with Crippen LogP contribution in [-0.4, -0.2) is 61.7 Å². The SMILES string of the molecule is COC[C@H]1O[C@@H](n2cc3c(nc2=O)Cc2c(cccc2OCC[NH+]=C(N)N)C3)CC1OP(=O)([O-])OC. The van der Waals surface area contributed by atoms with Gasteiger partial charge in [-0.3, -0.25) is 25.6 Å². The van der Waals surface area contributed by atoms with Crippen LogP contribution in [0.2, 0.25) is 0 Å². The van der Waals surface area contributed by atoms with Crippen LogP contribution in [0.5, 0.6) is 5.75 Å². The fourth-order valence-corrected chi connectivity index (χ4v) is 5.04. The average molecular weight is 523 g/mol. The van der Waals surface area contributed by atoms with Crippen molar-refractivity contribution in [2.75, 3.05) is 34.0 Å². The molecule has 1 aliphatic carbocycles. The Hall–Kier alpha value is -2.80. The Bertz CT molecular complexity index is 1230. The number of guanidine groups is 1. The highest BCUT2D eigenvalue weighted by Gasteiger charge is 2.40. The molecule has 4 atom stereocenters. The number of phosphoric acid groups is 1. The number of nitrogens with one attached hydrogen (secondary N) is 1. The van der Waals surface area contributed by atoms with Gasteiger partial charge >= 0.3 is 11.6 Å². The Morgan fingerprint density at radius 3 is 2.83 bits per heavy atom. The van der Waals surface area contributed by atoms with Gasteiger partial charge in [0, 0.05) is 45.2 Å². The second-order valence-electron chi connectivity index (χ2n) is 8.47. The maximum absolute atomic E-state index is 13.0. The zero-order chi connectivity index (χ0) is 25.9. The molecule has 2 unspecified atom stereocenters. The van der Waals surface area contributed by atoms with Crippen LogP contribution < -0.4 is 31.8 Å².